The summed E-state index contributed by atoms with van der Waals surface area (Å²) >= 11 is 0. The number of nitriles is 1. The van der Waals surface area contributed by atoms with Gasteiger partial charge in [0.25, 0.3) is 0 Å². The number of hydrogen-bond acceptors (Lipinski definition) is 4. The average Bonchev–Trinajstić information content (AvgIpc) is 2.98. The summed E-state index contributed by atoms with van der Waals surface area (Å²) < 4.78 is 26.8. The van der Waals surface area contributed by atoms with Crippen molar-refractivity contribution in [2.24, 2.45) is 7.05 Å². The van der Waals surface area contributed by atoms with Crippen molar-refractivity contribution in [1.82, 2.24) is 4.57 Å². The predicted octanol–water partition coefficient (Wildman–Crippen LogP) is 3.40. The van der Waals surface area contributed by atoms with Crippen LogP contribution in [0.2, 0.25) is 0 Å². The van der Waals surface area contributed by atoms with Crippen LogP contribution in [0.4, 0.5) is 5.69 Å². The fourth-order valence-electron chi connectivity index (χ4n) is 3.12. The molecule has 0 aliphatic heterocycles. The lowest BCUT2D eigenvalue weighted by Gasteiger charge is -2.09. The summed E-state index contributed by atoms with van der Waals surface area (Å²) in [6.07, 6.45) is 1.54. The minimum atomic E-state index is -3.34. The number of benzene rings is 2. The van der Waals surface area contributed by atoms with E-state index in [0.29, 0.717) is 28.9 Å². The van der Waals surface area contributed by atoms with Gasteiger partial charge < -0.3 is 4.57 Å². The normalized spacial score (nSPS) is 11.1. The van der Waals surface area contributed by atoms with Crippen molar-refractivity contribution in [3.8, 4) is 6.07 Å². The number of nitrogens with one attached hydrogen (secondary N) is 1. The van der Waals surface area contributed by atoms with Crippen LogP contribution in [0.25, 0.3) is 0 Å². The number of ketones is 1. The summed E-state index contributed by atoms with van der Waals surface area (Å²) in [6, 6.07) is 18.1. The molecule has 3 rings (SSSR count). The van der Waals surface area contributed by atoms with Crippen LogP contribution >= 0.6 is 0 Å². The molecular weight excluding hydrogens is 386 g/mol. The number of carbonyl (C=O) groups excluding carboxylic acids is 1. The molecule has 0 fully saturated rings. The molecule has 148 valence electrons. The van der Waals surface area contributed by atoms with Gasteiger partial charge in [-0.2, -0.15) is 5.26 Å². The highest BCUT2D eigenvalue weighted by molar-refractivity contribution is 7.92. The van der Waals surface area contributed by atoms with Gasteiger partial charge in [-0.3, -0.25) is 9.52 Å². The van der Waals surface area contributed by atoms with Crippen molar-refractivity contribution in [2.45, 2.75) is 13.3 Å². The van der Waals surface area contributed by atoms with Crippen LogP contribution in [-0.4, -0.2) is 25.0 Å². The molecule has 0 aliphatic carbocycles. The van der Waals surface area contributed by atoms with E-state index in [4.69, 9.17) is 0 Å². The van der Waals surface area contributed by atoms with Gasteiger partial charge in [0.15, 0.2) is 0 Å². The first-order valence-corrected chi connectivity index (χ1v) is 10.8. The number of aromatic nitrogens is 1. The van der Waals surface area contributed by atoms with Crippen LogP contribution in [0.15, 0.2) is 54.6 Å². The molecular formula is C22H21N3O3S. The second-order valence-electron chi connectivity index (χ2n) is 7.00. The van der Waals surface area contributed by atoms with Crippen LogP contribution in [-0.2, 0) is 23.5 Å². The summed E-state index contributed by atoms with van der Waals surface area (Å²) in [7, 11) is -1.56. The van der Waals surface area contributed by atoms with E-state index in [1.165, 1.54) is 0 Å². The quantitative estimate of drug-likeness (QED) is 0.634. The first kappa shape index (κ1) is 20.4. The average molecular weight is 407 g/mol. The first-order valence-electron chi connectivity index (χ1n) is 8.95. The van der Waals surface area contributed by atoms with E-state index >= 15 is 0 Å². The number of sulfonamides is 1. The second-order valence-corrected chi connectivity index (χ2v) is 8.75. The van der Waals surface area contributed by atoms with Crippen molar-refractivity contribution in [1.29, 1.82) is 5.26 Å². The topological polar surface area (TPSA) is 92.0 Å². The number of anilines is 1. The van der Waals surface area contributed by atoms with E-state index < -0.39 is 10.0 Å². The summed E-state index contributed by atoms with van der Waals surface area (Å²) in [5, 5.41) is 9.54. The first-order chi connectivity index (χ1) is 13.7. The van der Waals surface area contributed by atoms with E-state index in [0.717, 1.165) is 23.1 Å². The van der Waals surface area contributed by atoms with Crippen LogP contribution in [0.5, 0.6) is 0 Å². The van der Waals surface area contributed by atoms with E-state index in [2.05, 4.69) is 10.8 Å². The van der Waals surface area contributed by atoms with Gasteiger partial charge in [-0.15, -0.1) is 0 Å². The molecule has 3 aromatic rings. The van der Waals surface area contributed by atoms with Crippen LogP contribution < -0.4 is 4.72 Å². The van der Waals surface area contributed by atoms with Crippen LogP contribution in [0.1, 0.15) is 38.4 Å². The third-order valence-corrected chi connectivity index (χ3v) is 5.26. The molecule has 0 spiro atoms. The third kappa shape index (κ3) is 4.73. The number of hydrogen-bond donors (Lipinski definition) is 1. The van der Waals surface area contributed by atoms with Gasteiger partial charge in [0, 0.05) is 30.4 Å². The standard InChI is InChI=1S/C22H21N3O3S/c1-15-4-8-17(9-5-15)22(26)21-13-18(14-23)20(25(21)2)12-16-6-10-19(11-7-16)24-29(3,27)28/h4-11,13,24H,12H2,1-3H3. The molecule has 0 saturated heterocycles. The summed E-state index contributed by atoms with van der Waals surface area (Å²) in [5.41, 5.74) is 4.64. The molecule has 0 radical (unpaired) electrons. The monoisotopic (exact) mass is 407 g/mol. The van der Waals surface area contributed by atoms with Gasteiger partial charge in [-0.25, -0.2) is 8.42 Å². The van der Waals surface area contributed by atoms with Crippen molar-refractivity contribution in [3.63, 3.8) is 0 Å². The number of nitrogens with zero attached hydrogens (tertiary/aromatic N) is 2. The summed E-state index contributed by atoms with van der Waals surface area (Å²) in [5.74, 6) is -0.136. The minimum Gasteiger partial charge on any atom is -0.343 e. The Morgan fingerprint density at radius 1 is 1.10 bits per heavy atom. The van der Waals surface area contributed by atoms with E-state index in [9.17, 15) is 18.5 Å². The maximum absolute atomic E-state index is 12.9. The Bertz CT molecular complexity index is 1200. The van der Waals surface area contributed by atoms with Gasteiger partial charge in [-0.1, -0.05) is 42.0 Å². The fourth-order valence-corrected chi connectivity index (χ4v) is 3.69. The number of rotatable bonds is 6. The highest BCUT2D eigenvalue weighted by atomic mass is 32.2. The molecule has 6 nitrogen and oxygen atoms in total. The Balaban J connectivity index is 1.89. The lowest BCUT2D eigenvalue weighted by atomic mass is 10.1. The summed E-state index contributed by atoms with van der Waals surface area (Å²) in [4.78, 5) is 12.9. The highest BCUT2D eigenvalue weighted by Gasteiger charge is 2.19. The molecule has 1 N–H and O–H groups in total. The SMILES string of the molecule is Cc1ccc(C(=O)c2cc(C#N)c(Cc3ccc(NS(C)(=O)=O)cc3)n2C)cc1. The largest absolute Gasteiger partial charge is 0.343 e. The van der Waals surface area contributed by atoms with E-state index in [-0.39, 0.29) is 5.78 Å². The van der Waals surface area contributed by atoms with Gasteiger partial charge in [-0.05, 0) is 30.7 Å². The zero-order valence-electron chi connectivity index (χ0n) is 16.4. The molecule has 0 unspecified atom stereocenters. The third-order valence-electron chi connectivity index (χ3n) is 4.65. The van der Waals surface area contributed by atoms with Crippen LogP contribution in [0, 0.1) is 18.3 Å². The van der Waals surface area contributed by atoms with E-state index in [1.807, 2.05) is 19.1 Å². The molecule has 0 atom stereocenters. The Labute approximate surface area is 170 Å². The minimum absolute atomic E-state index is 0.136. The lowest BCUT2D eigenvalue weighted by molar-refractivity contribution is 0.103. The highest BCUT2D eigenvalue weighted by Crippen LogP contribution is 2.22. The molecule has 0 amide bonds. The second kappa shape index (κ2) is 7.94. The number of aryl methyl sites for hydroxylation is 1. The molecule has 0 bridgehead atoms. The predicted molar refractivity (Wildman–Crippen MR) is 112 cm³/mol. The van der Waals surface area contributed by atoms with Crippen molar-refractivity contribution >= 4 is 21.5 Å². The molecule has 29 heavy (non-hydrogen) atoms. The van der Waals surface area contributed by atoms with Gasteiger partial charge >= 0.3 is 0 Å². The number of carbonyl (C=O) groups is 1. The molecule has 1 heterocycles. The zero-order chi connectivity index (χ0) is 21.2. The molecule has 1 aromatic heterocycles. The molecule has 0 saturated carbocycles. The zero-order valence-corrected chi connectivity index (χ0v) is 17.2. The van der Waals surface area contributed by atoms with Gasteiger partial charge in [0.2, 0.25) is 15.8 Å². The van der Waals surface area contributed by atoms with Gasteiger partial charge in [0.1, 0.15) is 6.07 Å². The Kier molecular flexibility index (Phi) is 5.57. The van der Waals surface area contributed by atoms with E-state index in [1.54, 1.807) is 54.1 Å². The van der Waals surface area contributed by atoms with Gasteiger partial charge in [0.05, 0.1) is 17.5 Å². The lowest BCUT2D eigenvalue weighted by Crippen LogP contribution is -2.10. The van der Waals surface area contributed by atoms with Crippen LogP contribution in [0.3, 0.4) is 0 Å². The van der Waals surface area contributed by atoms with Crippen molar-refractivity contribution in [3.05, 3.63) is 88.2 Å². The Morgan fingerprint density at radius 2 is 1.72 bits per heavy atom. The summed E-state index contributed by atoms with van der Waals surface area (Å²) in [6.45, 7) is 1.96. The molecule has 0 aliphatic rings. The van der Waals surface area contributed by atoms with Crippen molar-refractivity contribution in [2.75, 3.05) is 11.0 Å². The Hall–Kier alpha value is -3.37. The smallest absolute Gasteiger partial charge is 0.229 e. The van der Waals surface area contributed by atoms with Crippen molar-refractivity contribution < 1.29 is 13.2 Å². The maximum Gasteiger partial charge on any atom is 0.229 e. The molecule has 7 heteroatoms. The Morgan fingerprint density at radius 3 is 2.28 bits per heavy atom. The fraction of sp³-hybridized carbons (Fsp3) is 0.182. The maximum atomic E-state index is 12.9. The molecule has 2 aromatic carbocycles.